The zero-order valence-corrected chi connectivity index (χ0v) is 70.9. The van der Waals surface area contributed by atoms with Gasteiger partial charge >= 0.3 is 30.4 Å². The average Bonchev–Trinajstić information content (AvgIpc) is 1.03. The van der Waals surface area contributed by atoms with Crippen molar-refractivity contribution in [2.45, 2.75) is 113 Å². The number of alkyl halides is 6. The molecular formula is C90H103F8N21O7. The summed E-state index contributed by atoms with van der Waals surface area (Å²) < 4.78 is 136. The number of hydrogen-bond acceptors (Lipinski definition) is 22. The molecule has 6 fully saturated rings. The van der Waals surface area contributed by atoms with Crippen LogP contribution in [-0.2, 0) is 70.4 Å². The molecule has 0 radical (unpaired) electrons. The van der Waals surface area contributed by atoms with E-state index in [1.807, 2.05) is 23.9 Å². The summed E-state index contributed by atoms with van der Waals surface area (Å²) >= 11 is 0. The minimum atomic E-state index is -4.86. The maximum atomic E-state index is 14.9. The molecule has 666 valence electrons. The molecule has 0 aliphatic carbocycles. The number of benzene rings is 4. The smallest absolute Gasteiger partial charge is 0.421 e. The van der Waals surface area contributed by atoms with Gasteiger partial charge < -0.3 is 87.4 Å². The molecular weight excluding hydrogens is 1640 g/mol. The molecule has 126 heavy (non-hydrogen) atoms. The lowest BCUT2D eigenvalue weighted by molar-refractivity contribution is -0.139. The largest absolute Gasteiger partial charge is 0.462 e. The highest BCUT2D eigenvalue weighted by Gasteiger charge is 2.44. The number of para-hydroxylation sites is 1. The van der Waals surface area contributed by atoms with E-state index >= 15 is 0 Å². The number of anilines is 6. The molecule has 2 unspecified atom stereocenters. The first-order chi connectivity index (χ1) is 60.8. The highest BCUT2D eigenvalue weighted by atomic mass is 19.4. The van der Waals surface area contributed by atoms with E-state index in [2.05, 4.69) is 118 Å². The van der Waals surface area contributed by atoms with Crippen LogP contribution in [0.4, 0.5) is 69.6 Å². The molecule has 6 atom stereocenters. The standard InChI is InChI=1S/C32H37N7O3.2C29H33F4N7O2/c1-4-30(40)39-15-14-38(19-24(39)18-33-2)31-27-12-13-37(29-11-7-9-23-8-5-6-10-26(23)29)20-28(27)34-32(35-31)42-22-25-21-41-17-16-36(25)3;1-4-25(41)40-14-13-39(16-20(40)15-34-2)27-21-10-12-38(24-9-5-8-22(30)26(24)29(31,32)33)17-23(21)35-28(36-27)42-18-19-7-6-11-37(19)3;1-4-25(41)40-14-13-39(16-20(40)15-34-2)27-21-10-12-38(26-22(29(31,32)33)8-5-9-23(26)30)17-24(21)35-28(36-27)42-18-19-7-6-11-37(19)3/h4-11,24-25H,1,12-22H2,3H3;2*4-5,8-9,19-20H,1,6-7,10-18H2,3H3/t24?,25-;19-,20+;19-,20?/m110/s1. The zero-order valence-electron chi connectivity index (χ0n) is 70.9. The monoisotopic (exact) mass is 1740 g/mol. The number of carbonyl (C=O) groups excluding carboxylic acids is 3. The highest BCUT2D eigenvalue weighted by Crippen LogP contribution is 2.44. The molecule has 36 heteroatoms. The van der Waals surface area contributed by atoms with Crippen molar-refractivity contribution in [2.24, 2.45) is 0 Å². The second-order valence-electron chi connectivity index (χ2n) is 32.8. The molecule has 0 N–H and O–H groups in total. The molecule has 4 aromatic carbocycles. The molecule has 16 rings (SSSR count). The number of carbonyl (C=O) groups is 3. The van der Waals surface area contributed by atoms with Crippen LogP contribution in [0, 0.1) is 31.4 Å². The van der Waals surface area contributed by atoms with E-state index in [1.54, 1.807) is 14.7 Å². The normalized spacial score (nSPS) is 21.2. The fourth-order valence-corrected chi connectivity index (χ4v) is 18.3. The Morgan fingerprint density at radius 1 is 0.460 bits per heavy atom. The van der Waals surface area contributed by atoms with Gasteiger partial charge in [-0.3, -0.25) is 19.3 Å². The highest BCUT2D eigenvalue weighted by molar-refractivity contribution is 5.94. The van der Waals surface area contributed by atoms with Crippen LogP contribution >= 0.6 is 0 Å². The molecule has 0 saturated carbocycles. The van der Waals surface area contributed by atoms with Gasteiger partial charge in [-0.15, -0.1) is 0 Å². The number of amides is 3. The molecule has 12 heterocycles. The first kappa shape index (κ1) is 90.2. The lowest BCUT2D eigenvalue weighted by Gasteiger charge is -2.41. The topological polar surface area (TPSA) is 217 Å². The maximum Gasteiger partial charge on any atom is 0.421 e. The zero-order chi connectivity index (χ0) is 89.1. The van der Waals surface area contributed by atoms with Gasteiger partial charge in [-0.25, -0.2) is 28.5 Å². The van der Waals surface area contributed by atoms with E-state index in [0.717, 1.165) is 117 Å². The van der Waals surface area contributed by atoms with E-state index in [-0.39, 0.29) is 118 Å². The maximum absolute atomic E-state index is 14.9. The number of hydrogen-bond donors (Lipinski definition) is 0. The molecule has 9 aliphatic heterocycles. The van der Waals surface area contributed by atoms with Crippen molar-refractivity contribution in [1.82, 2.24) is 59.3 Å². The van der Waals surface area contributed by atoms with Gasteiger partial charge in [0.25, 0.3) is 0 Å². The lowest BCUT2D eigenvalue weighted by Crippen LogP contribution is -2.56. The summed E-state index contributed by atoms with van der Waals surface area (Å²) in [5.41, 5.74) is 2.66. The molecule has 6 saturated heterocycles. The van der Waals surface area contributed by atoms with Gasteiger partial charge in [-0.2, -0.15) is 56.2 Å². The van der Waals surface area contributed by atoms with Crippen LogP contribution < -0.4 is 43.6 Å². The van der Waals surface area contributed by atoms with Crippen LogP contribution in [0.1, 0.15) is 70.6 Å². The van der Waals surface area contributed by atoms with E-state index < -0.39 is 46.8 Å². The van der Waals surface area contributed by atoms with Gasteiger partial charge in [-0.05, 0) is 133 Å². The summed E-state index contributed by atoms with van der Waals surface area (Å²) in [5, 5.41) is 2.43. The quantitative estimate of drug-likeness (QED) is 0.0371. The van der Waals surface area contributed by atoms with Crippen molar-refractivity contribution in [2.75, 3.05) is 201 Å². The first-order valence-electron chi connectivity index (χ1n) is 42.5. The minimum absolute atomic E-state index is 0.0114. The Morgan fingerprint density at radius 2 is 0.865 bits per heavy atom. The second-order valence-corrected chi connectivity index (χ2v) is 32.8. The van der Waals surface area contributed by atoms with Crippen LogP contribution in [0.5, 0.6) is 18.0 Å². The number of ether oxygens (including phenoxy) is 4. The van der Waals surface area contributed by atoms with Gasteiger partial charge in [0.2, 0.25) is 37.4 Å². The van der Waals surface area contributed by atoms with Gasteiger partial charge in [0.1, 0.15) is 72.6 Å². The lowest BCUT2D eigenvalue weighted by atomic mass is 10.0. The summed E-state index contributed by atoms with van der Waals surface area (Å²) in [5.74, 6) is -0.902. The van der Waals surface area contributed by atoms with Gasteiger partial charge in [-0.1, -0.05) is 68.3 Å². The van der Waals surface area contributed by atoms with Crippen LogP contribution in [0.3, 0.4) is 0 Å². The average molecular weight is 1740 g/mol. The summed E-state index contributed by atoms with van der Waals surface area (Å²) in [6.07, 6.45) is -0.352. The number of aromatic nitrogens is 6. The summed E-state index contributed by atoms with van der Waals surface area (Å²) in [7, 11) is 6.13. The van der Waals surface area contributed by atoms with E-state index in [4.69, 9.17) is 58.6 Å². The SMILES string of the molecule is [C-]#[N+]CC1CN(c2nc(OC[C@@H]3CCCN3C)nc3c2CCN(c2c(F)cccc2C(F)(F)F)C3)CCN1C(=O)C=C.[C-]#[N+]CC1CN(c2nc(OC[C@H]3COCCN3C)nc3c2CCN(c2cccc4ccccc24)C3)CCN1C(=O)C=C.[C-]#[N+]C[C@H]1CN(c2nc(OC[C@H]3CCCN3C)nc3c2CCN(c2cccc(F)c2C(F)(F)F)C3)CCN1C(=O)C=C. The van der Waals surface area contributed by atoms with Crippen molar-refractivity contribution < 1.29 is 68.5 Å². The van der Waals surface area contributed by atoms with Gasteiger partial charge in [0.05, 0.1) is 72.9 Å². The van der Waals surface area contributed by atoms with E-state index in [9.17, 15) is 49.5 Å². The molecule has 9 aliphatic rings. The van der Waals surface area contributed by atoms with Crippen LogP contribution in [0.25, 0.3) is 25.3 Å². The third-order valence-electron chi connectivity index (χ3n) is 25.1. The summed E-state index contributed by atoms with van der Waals surface area (Å²) in [4.78, 5) is 99.9. The number of halogens is 8. The number of likely N-dealkylation sites (tertiary alicyclic amines) is 2. The molecule has 3 aromatic heterocycles. The second kappa shape index (κ2) is 40.1. The summed E-state index contributed by atoms with van der Waals surface area (Å²) in [6.45, 7) is 44.4. The Hall–Kier alpha value is -12.0. The number of rotatable bonds is 21. The Kier molecular flexibility index (Phi) is 28.7. The minimum Gasteiger partial charge on any atom is -0.462 e. The predicted octanol–water partition coefficient (Wildman–Crippen LogP) is 10.6. The van der Waals surface area contributed by atoms with Crippen LogP contribution in [-0.4, -0.2) is 285 Å². The van der Waals surface area contributed by atoms with Crippen molar-refractivity contribution in [3.05, 3.63) is 208 Å². The molecule has 0 spiro atoms. The third kappa shape index (κ3) is 20.4. The molecule has 0 bridgehead atoms. The molecule has 28 nitrogen and oxygen atoms in total. The van der Waals surface area contributed by atoms with Crippen molar-refractivity contribution in [3.63, 3.8) is 0 Å². The van der Waals surface area contributed by atoms with Crippen LogP contribution in [0.2, 0.25) is 0 Å². The Balaban J connectivity index is 0.000000153. The van der Waals surface area contributed by atoms with E-state index in [0.29, 0.717) is 127 Å². The number of fused-ring (bicyclic) bond motifs is 4. The Labute approximate surface area is 727 Å². The van der Waals surface area contributed by atoms with Crippen molar-refractivity contribution in [3.8, 4) is 18.0 Å². The predicted molar refractivity (Wildman–Crippen MR) is 460 cm³/mol. The number of likely N-dealkylation sites (N-methyl/N-ethyl adjacent to an activating group) is 3. The van der Waals surface area contributed by atoms with Crippen LogP contribution in [0.15, 0.2) is 117 Å². The molecule has 3 amide bonds. The third-order valence-corrected chi connectivity index (χ3v) is 25.1. The fraction of sp³-hybridized carbons (Fsp3) is 0.489. The number of nitrogens with zero attached hydrogens (tertiary/aromatic N) is 21. The fourth-order valence-electron chi connectivity index (χ4n) is 18.3. The van der Waals surface area contributed by atoms with Crippen molar-refractivity contribution in [1.29, 1.82) is 0 Å². The Bertz CT molecular complexity index is 5270. The first-order valence-corrected chi connectivity index (χ1v) is 42.5. The van der Waals surface area contributed by atoms with Crippen molar-refractivity contribution >= 4 is 63.0 Å². The van der Waals surface area contributed by atoms with Gasteiger partial charge in [0.15, 0.2) is 0 Å². The van der Waals surface area contributed by atoms with Gasteiger partial charge in [0, 0.05) is 125 Å². The Morgan fingerprint density at radius 3 is 1.30 bits per heavy atom. The number of morpholine rings is 1. The number of piperazine rings is 3. The van der Waals surface area contributed by atoms with E-state index in [1.165, 1.54) is 56.6 Å². The molecule has 7 aromatic rings. The summed E-state index contributed by atoms with van der Waals surface area (Å²) in [6, 6.07) is 21.3.